The zero-order valence-electron chi connectivity index (χ0n) is 12.6. The highest BCUT2D eigenvalue weighted by atomic mass is 16.1. The van der Waals surface area contributed by atoms with Crippen LogP contribution in [0.15, 0.2) is 18.2 Å². The zero-order chi connectivity index (χ0) is 14.0. The maximum absolute atomic E-state index is 12.6. The van der Waals surface area contributed by atoms with Gasteiger partial charge in [-0.1, -0.05) is 19.1 Å². The minimum absolute atomic E-state index is 0.00885. The van der Waals surface area contributed by atoms with E-state index in [0.717, 1.165) is 18.5 Å². The largest absolute Gasteiger partial charge is 0.292 e. The number of rotatable bonds is 4. The zero-order valence-corrected chi connectivity index (χ0v) is 12.6. The summed E-state index contributed by atoms with van der Waals surface area (Å²) in [5.41, 5.74) is 3.31. The smallest absolute Gasteiger partial charge is 0.179 e. The van der Waals surface area contributed by atoms with Crippen LogP contribution in [0.1, 0.15) is 54.6 Å². The summed E-state index contributed by atoms with van der Waals surface area (Å²) in [5, 5.41) is 0. The van der Waals surface area contributed by atoms with E-state index in [-0.39, 0.29) is 11.8 Å². The summed E-state index contributed by atoms with van der Waals surface area (Å²) >= 11 is 0. The molecule has 19 heavy (non-hydrogen) atoms. The molecule has 1 saturated heterocycles. The van der Waals surface area contributed by atoms with E-state index in [2.05, 4.69) is 38.7 Å². The molecular weight excluding hydrogens is 234 g/mol. The molecule has 2 unspecified atom stereocenters. The van der Waals surface area contributed by atoms with Crippen molar-refractivity contribution in [1.29, 1.82) is 0 Å². The molecule has 0 spiro atoms. The predicted octanol–water partition coefficient (Wildman–Crippen LogP) is 3.75. The number of ketones is 1. The van der Waals surface area contributed by atoms with Crippen molar-refractivity contribution in [3.8, 4) is 0 Å². The Morgan fingerprint density at radius 3 is 2.74 bits per heavy atom. The van der Waals surface area contributed by atoms with Crippen LogP contribution in [-0.2, 0) is 0 Å². The Bertz CT molecular complexity index is 466. The molecule has 0 aromatic heterocycles. The van der Waals surface area contributed by atoms with Crippen molar-refractivity contribution in [2.75, 3.05) is 6.54 Å². The van der Waals surface area contributed by atoms with E-state index in [4.69, 9.17) is 0 Å². The second-order valence-corrected chi connectivity index (χ2v) is 5.78. The third-order valence-electron chi connectivity index (χ3n) is 4.56. The lowest BCUT2D eigenvalue weighted by Crippen LogP contribution is -2.42. The molecule has 2 rings (SSSR count). The van der Waals surface area contributed by atoms with Gasteiger partial charge in [0.2, 0.25) is 0 Å². The molecule has 0 aliphatic carbocycles. The van der Waals surface area contributed by atoms with Crippen LogP contribution in [-0.4, -0.2) is 29.3 Å². The second-order valence-electron chi connectivity index (χ2n) is 5.78. The Morgan fingerprint density at radius 2 is 2.11 bits per heavy atom. The highest BCUT2D eigenvalue weighted by Crippen LogP contribution is 2.24. The van der Waals surface area contributed by atoms with Crippen molar-refractivity contribution in [2.24, 2.45) is 0 Å². The van der Waals surface area contributed by atoms with Gasteiger partial charge in [-0.2, -0.15) is 0 Å². The van der Waals surface area contributed by atoms with Gasteiger partial charge in [0.1, 0.15) is 0 Å². The number of nitrogens with zero attached hydrogens (tertiary/aromatic N) is 1. The highest BCUT2D eigenvalue weighted by Gasteiger charge is 2.31. The summed E-state index contributed by atoms with van der Waals surface area (Å²) < 4.78 is 0. The molecule has 0 N–H and O–H groups in total. The van der Waals surface area contributed by atoms with E-state index >= 15 is 0 Å². The lowest BCUT2D eigenvalue weighted by atomic mass is 9.99. The first-order chi connectivity index (χ1) is 9.04. The number of hydrogen-bond acceptors (Lipinski definition) is 2. The van der Waals surface area contributed by atoms with Crippen LogP contribution >= 0.6 is 0 Å². The Kier molecular flexibility index (Phi) is 4.41. The quantitative estimate of drug-likeness (QED) is 0.768. The summed E-state index contributed by atoms with van der Waals surface area (Å²) in [6.07, 6.45) is 3.61. The van der Waals surface area contributed by atoms with Crippen molar-refractivity contribution < 1.29 is 4.79 Å². The molecule has 0 bridgehead atoms. The molecule has 104 valence electrons. The fraction of sp³-hybridized carbons (Fsp3) is 0.588. The minimum Gasteiger partial charge on any atom is -0.292 e. The first kappa shape index (κ1) is 14.3. The Morgan fingerprint density at radius 1 is 1.37 bits per heavy atom. The molecule has 2 atom stereocenters. The summed E-state index contributed by atoms with van der Waals surface area (Å²) in [6, 6.07) is 6.65. The van der Waals surface area contributed by atoms with Gasteiger partial charge in [0.25, 0.3) is 0 Å². The standard InChI is InChI=1S/C17H25NO/c1-5-16-7-6-10-18(16)14(4)17(19)15-9-8-12(2)13(3)11-15/h8-9,11,14,16H,5-7,10H2,1-4H3. The maximum atomic E-state index is 12.6. The first-order valence-corrected chi connectivity index (χ1v) is 7.41. The van der Waals surface area contributed by atoms with E-state index < -0.39 is 0 Å². The third kappa shape index (κ3) is 2.89. The summed E-state index contributed by atoms with van der Waals surface area (Å²) in [5.74, 6) is 0.267. The van der Waals surface area contributed by atoms with Gasteiger partial charge in [-0.25, -0.2) is 0 Å². The molecule has 0 saturated carbocycles. The summed E-state index contributed by atoms with van der Waals surface area (Å²) in [4.78, 5) is 15.0. The molecule has 1 aromatic carbocycles. The number of benzene rings is 1. The topological polar surface area (TPSA) is 20.3 Å². The molecule has 1 aliphatic rings. The average molecular weight is 259 g/mol. The van der Waals surface area contributed by atoms with Gasteiger partial charge < -0.3 is 0 Å². The fourth-order valence-corrected chi connectivity index (χ4v) is 3.09. The summed E-state index contributed by atoms with van der Waals surface area (Å²) in [6.45, 7) is 9.50. The molecule has 1 aromatic rings. The molecule has 2 nitrogen and oxygen atoms in total. The van der Waals surface area contributed by atoms with E-state index in [1.807, 2.05) is 12.1 Å². The first-order valence-electron chi connectivity index (χ1n) is 7.41. The lowest BCUT2D eigenvalue weighted by Gasteiger charge is -2.29. The van der Waals surface area contributed by atoms with Crippen LogP contribution in [0.5, 0.6) is 0 Å². The van der Waals surface area contributed by atoms with Crippen molar-refractivity contribution >= 4 is 5.78 Å². The van der Waals surface area contributed by atoms with Crippen LogP contribution < -0.4 is 0 Å². The van der Waals surface area contributed by atoms with E-state index in [1.54, 1.807) is 0 Å². The van der Waals surface area contributed by atoms with Gasteiger partial charge in [-0.15, -0.1) is 0 Å². The molecular formula is C17H25NO. The predicted molar refractivity (Wildman–Crippen MR) is 79.7 cm³/mol. The van der Waals surface area contributed by atoms with Crippen molar-refractivity contribution in [1.82, 2.24) is 4.90 Å². The van der Waals surface area contributed by atoms with Crippen LogP contribution in [0.25, 0.3) is 0 Å². The fourth-order valence-electron chi connectivity index (χ4n) is 3.09. The SMILES string of the molecule is CCC1CCCN1C(C)C(=O)c1ccc(C)c(C)c1. The minimum atomic E-state index is 0.00885. The number of hydrogen-bond donors (Lipinski definition) is 0. The third-order valence-corrected chi connectivity index (χ3v) is 4.56. The molecule has 2 heteroatoms. The number of Topliss-reactive ketones (excluding diaryl/α,β-unsaturated/α-hetero) is 1. The Labute approximate surface area is 116 Å². The van der Waals surface area contributed by atoms with Crippen LogP contribution in [0.2, 0.25) is 0 Å². The second kappa shape index (κ2) is 5.87. The van der Waals surface area contributed by atoms with Gasteiger partial charge in [-0.3, -0.25) is 9.69 Å². The normalized spacial score (nSPS) is 21.6. The lowest BCUT2D eigenvalue weighted by molar-refractivity contribution is 0.0817. The van der Waals surface area contributed by atoms with E-state index in [9.17, 15) is 4.79 Å². The monoisotopic (exact) mass is 259 g/mol. The Balaban J connectivity index is 2.16. The van der Waals surface area contributed by atoms with Crippen LogP contribution in [0, 0.1) is 13.8 Å². The highest BCUT2D eigenvalue weighted by molar-refractivity contribution is 6.00. The number of likely N-dealkylation sites (tertiary alicyclic amines) is 1. The molecule has 1 fully saturated rings. The molecule has 0 radical (unpaired) electrons. The number of carbonyl (C=O) groups is 1. The van der Waals surface area contributed by atoms with Crippen molar-refractivity contribution in [2.45, 2.75) is 59.0 Å². The van der Waals surface area contributed by atoms with Gasteiger partial charge in [-0.05, 0) is 63.8 Å². The maximum Gasteiger partial charge on any atom is 0.179 e. The number of carbonyl (C=O) groups excluding carboxylic acids is 1. The Hall–Kier alpha value is -1.15. The van der Waals surface area contributed by atoms with Gasteiger partial charge in [0, 0.05) is 11.6 Å². The summed E-state index contributed by atoms with van der Waals surface area (Å²) in [7, 11) is 0. The van der Waals surface area contributed by atoms with Crippen molar-refractivity contribution in [3.63, 3.8) is 0 Å². The van der Waals surface area contributed by atoms with Gasteiger partial charge in [0.15, 0.2) is 5.78 Å². The number of aryl methyl sites for hydroxylation is 2. The molecule has 0 amide bonds. The van der Waals surface area contributed by atoms with Gasteiger partial charge >= 0.3 is 0 Å². The average Bonchev–Trinajstić information content (AvgIpc) is 2.88. The molecule has 1 heterocycles. The van der Waals surface area contributed by atoms with Crippen molar-refractivity contribution in [3.05, 3.63) is 34.9 Å². The van der Waals surface area contributed by atoms with Gasteiger partial charge in [0.05, 0.1) is 6.04 Å². The molecule has 1 aliphatic heterocycles. The van der Waals surface area contributed by atoms with Crippen LogP contribution in [0.4, 0.5) is 0 Å². The van der Waals surface area contributed by atoms with Crippen LogP contribution in [0.3, 0.4) is 0 Å². The van der Waals surface area contributed by atoms with E-state index in [1.165, 1.54) is 24.0 Å². The van der Waals surface area contributed by atoms with E-state index in [0.29, 0.717) is 6.04 Å².